The summed E-state index contributed by atoms with van der Waals surface area (Å²) < 4.78 is 56.4. The van der Waals surface area contributed by atoms with Crippen LogP contribution in [0, 0.1) is 28.5 Å². The predicted molar refractivity (Wildman–Crippen MR) is 57.2 cm³/mol. The van der Waals surface area contributed by atoms with Crippen LogP contribution in [0.15, 0.2) is 17.7 Å². The summed E-state index contributed by atoms with van der Waals surface area (Å²) in [5.74, 6) is -1.79. The summed E-state index contributed by atoms with van der Waals surface area (Å²) in [6, 6.07) is 4.41. The molecule has 0 fully saturated rings. The molecule has 1 rings (SSSR count). The van der Waals surface area contributed by atoms with Gasteiger partial charge in [0.2, 0.25) is 0 Å². The topological polar surface area (TPSA) is 56.8 Å². The molecule has 0 spiro atoms. The molecule has 0 amide bonds. The van der Waals surface area contributed by atoms with Crippen molar-refractivity contribution in [2.24, 2.45) is 0 Å². The average molecular weight is 270 g/mol. The summed E-state index contributed by atoms with van der Waals surface area (Å²) in [7, 11) is 1.10. The van der Waals surface area contributed by atoms with Gasteiger partial charge in [-0.1, -0.05) is 0 Å². The summed E-state index contributed by atoms with van der Waals surface area (Å²) in [6.07, 6.45) is -4.33. The van der Waals surface area contributed by atoms with Crippen molar-refractivity contribution in [3.8, 4) is 17.9 Å². The van der Waals surface area contributed by atoms with Gasteiger partial charge in [-0.3, -0.25) is 0 Å². The third-order valence-electron chi connectivity index (χ3n) is 2.19. The Morgan fingerprint density at radius 1 is 1.26 bits per heavy atom. The lowest BCUT2D eigenvalue weighted by molar-refractivity contribution is -0.140. The largest absolute Gasteiger partial charge is 0.496 e. The maximum absolute atomic E-state index is 13.4. The number of ether oxygens (including phenoxy) is 1. The van der Waals surface area contributed by atoms with Crippen molar-refractivity contribution in [1.82, 2.24) is 0 Å². The van der Waals surface area contributed by atoms with Crippen molar-refractivity contribution in [3.63, 3.8) is 0 Å². The standard InChI is InChI=1S/C12H6F4N2O/c1-19-10-3-2-9(13)11(12(14,15)16)8(10)4-7(5-17)6-18/h2-4H,1H3. The molecular formula is C12H6F4N2O. The molecule has 0 radical (unpaired) electrons. The van der Waals surface area contributed by atoms with Crippen molar-refractivity contribution < 1.29 is 22.3 Å². The van der Waals surface area contributed by atoms with Crippen LogP contribution < -0.4 is 4.74 Å². The zero-order chi connectivity index (χ0) is 14.6. The Kier molecular flexibility index (Phi) is 4.13. The number of alkyl halides is 3. The second-order valence-electron chi connectivity index (χ2n) is 3.32. The quantitative estimate of drug-likeness (QED) is 0.612. The van der Waals surface area contributed by atoms with E-state index in [0.29, 0.717) is 12.1 Å². The average Bonchev–Trinajstić information content (AvgIpc) is 2.34. The Morgan fingerprint density at radius 2 is 1.84 bits per heavy atom. The lowest BCUT2D eigenvalue weighted by atomic mass is 10.0. The first-order valence-electron chi connectivity index (χ1n) is 4.80. The molecule has 0 aliphatic heterocycles. The number of methoxy groups -OCH3 is 1. The lowest BCUT2D eigenvalue weighted by Crippen LogP contribution is -2.11. The van der Waals surface area contributed by atoms with Gasteiger partial charge in [0, 0.05) is 5.56 Å². The number of nitrogens with zero attached hydrogens (tertiary/aromatic N) is 2. The molecule has 1 aromatic carbocycles. The van der Waals surface area contributed by atoms with E-state index in [-0.39, 0.29) is 5.75 Å². The number of allylic oxidation sites excluding steroid dienone is 1. The molecule has 7 heteroatoms. The molecular weight excluding hydrogens is 264 g/mol. The first-order chi connectivity index (χ1) is 8.85. The zero-order valence-corrected chi connectivity index (χ0v) is 9.55. The third kappa shape index (κ3) is 3.02. The fraction of sp³-hybridized carbons (Fsp3) is 0.167. The molecule has 1 aromatic rings. The fourth-order valence-electron chi connectivity index (χ4n) is 1.42. The van der Waals surface area contributed by atoms with E-state index >= 15 is 0 Å². The molecule has 0 N–H and O–H groups in total. The minimum atomic E-state index is -4.97. The summed E-state index contributed by atoms with van der Waals surface area (Å²) in [4.78, 5) is 0. The molecule has 0 saturated carbocycles. The SMILES string of the molecule is COc1ccc(F)c(C(F)(F)F)c1C=C(C#N)C#N. The minimum Gasteiger partial charge on any atom is -0.496 e. The van der Waals surface area contributed by atoms with E-state index in [4.69, 9.17) is 15.3 Å². The van der Waals surface area contributed by atoms with Gasteiger partial charge in [0.05, 0.1) is 7.11 Å². The van der Waals surface area contributed by atoms with E-state index in [1.165, 1.54) is 12.1 Å². The van der Waals surface area contributed by atoms with Crippen molar-refractivity contribution in [1.29, 1.82) is 10.5 Å². The number of rotatable bonds is 2. The first-order valence-corrected chi connectivity index (χ1v) is 4.80. The number of halogens is 4. The molecule has 0 aliphatic carbocycles. The maximum atomic E-state index is 13.4. The molecule has 19 heavy (non-hydrogen) atoms. The Labute approximate surface area is 105 Å². The van der Waals surface area contributed by atoms with Crippen LogP contribution in [0.1, 0.15) is 11.1 Å². The van der Waals surface area contributed by atoms with Gasteiger partial charge in [-0.2, -0.15) is 23.7 Å². The van der Waals surface area contributed by atoms with Crippen LogP contribution in [0.2, 0.25) is 0 Å². The van der Waals surface area contributed by atoms with E-state index in [9.17, 15) is 17.6 Å². The molecule has 0 heterocycles. The number of hydrogen-bond donors (Lipinski definition) is 0. The normalized spacial score (nSPS) is 10.3. The Hall–Kier alpha value is -2.54. The highest BCUT2D eigenvalue weighted by Gasteiger charge is 2.37. The first kappa shape index (κ1) is 14.5. The summed E-state index contributed by atoms with van der Waals surface area (Å²) in [5, 5.41) is 17.1. The van der Waals surface area contributed by atoms with Crippen molar-refractivity contribution in [3.05, 3.63) is 34.6 Å². The van der Waals surface area contributed by atoms with Crippen molar-refractivity contribution >= 4 is 6.08 Å². The van der Waals surface area contributed by atoms with Crippen LogP contribution >= 0.6 is 0 Å². The van der Waals surface area contributed by atoms with Gasteiger partial charge in [0.25, 0.3) is 0 Å². The van der Waals surface area contributed by atoms with E-state index in [1.807, 2.05) is 0 Å². The van der Waals surface area contributed by atoms with E-state index < -0.39 is 28.7 Å². The number of benzene rings is 1. The summed E-state index contributed by atoms with van der Waals surface area (Å²) in [5.41, 5.74) is -2.85. The van der Waals surface area contributed by atoms with Gasteiger partial charge in [-0.25, -0.2) is 4.39 Å². The maximum Gasteiger partial charge on any atom is 0.419 e. The van der Waals surface area contributed by atoms with Crippen LogP contribution in [-0.4, -0.2) is 7.11 Å². The second kappa shape index (κ2) is 5.40. The van der Waals surface area contributed by atoms with Crippen LogP contribution in [0.25, 0.3) is 6.08 Å². The van der Waals surface area contributed by atoms with Crippen LogP contribution in [0.5, 0.6) is 5.75 Å². The van der Waals surface area contributed by atoms with Gasteiger partial charge < -0.3 is 4.74 Å². The fourth-order valence-corrected chi connectivity index (χ4v) is 1.42. The molecule has 3 nitrogen and oxygen atoms in total. The highest BCUT2D eigenvalue weighted by Crippen LogP contribution is 2.39. The van der Waals surface area contributed by atoms with Gasteiger partial charge in [-0.15, -0.1) is 0 Å². The Morgan fingerprint density at radius 3 is 2.26 bits per heavy atom. The lowest BCUT2D eigenvalue weighted by Gasteiger charge is -2.14. The van der Waals surface area contributed by atoms with E-state index in [0.717, 1.165) is 13.2 Å². The van der Waals surface area contributed by atoms with Crippen LogP contribution in [-0.2, 0) is 6.18 Å². The van der Waals surface area contributed by atoms with Gasteiger partial charge in [-0.05, 0) is 18.2 Å². The summed E-state index contributed by atoms with van der Waals surface area (Å²) in [6.45, 7) is 0. The van der Waals surface area contributed by atoms with E-state index in [1.54, 1.807) is 0 Å². The molecule has 0 atom stereocenters. The molecule has 0 aliphatic rings. The minimum absolute atomic E-state index is 0.281. The van der Waals surface area contributed by atoms with Crippen molar-refractivity contribution in [2.45, 2.75) is 6.18 Å². The zero-order valence-electron chi connectivity index (χ0n) is 9.55. The Bertz CT molecular complexity index is 590. The highest BCUT2D eigenvalue weighted by molar-refractivity contribution is 5.69. The molecule has 98 valence electrons. The molecule has 0 aromatic heterocycles. The van der Waals surface area contributed by atoms with Gasteiger partial charge in [0.15, 0.2) is 0 Å². The molecule has 0 unspecified atom stereocenters. The van der Waals surface area contributed by atoms with Crippen LogP contribution in [0.4, 0.5) is 17.6 Å². The van der Waals surface area contributed by atoms with Gasteiger partial charge in [0.1, 0.15) is 34.8 Å². The Balaban J connectivity index is 3.70. The van der Waals surface area contributed by atoms with E-state index in [2.05, 4.69) is 0 Å². The van der Waals surface area contributed by atoms with Gasteiger partial charge >= 0.3 is 6.18 Å². The smallest absolute Gasteiger partial charge is 0.419 e. The molecule has 0 bridgehead atoms. The second-order valence-corrected chi connectivity index (χ2v) is 3.32. The monoisotopic (exact) mass is 270 g/mol. The number of nitriles is 2. The van der Waals surface area contributed by atoms with Crippen molar-refractivity contribution in [2.75, 3.05) is 7.11 Å². The molecule has 0 saturated heterocycles. The highest BCUT2D eigenvalue weighted by atomic mass is 19.4. The predicted octanol–water partition coefficient (Wildman–Crippen LogP) is 3.28. The number of hydrogen-bond acceptors (Lipinski definition) is 3. The third-order valence-corrected chi connectivity index (χ3v) is 2.19. The van der Waals surface area contributed by atoms with Crippen LogP contribution in [0.3, 0.4) is 0 Å². The summed E-state index contributed by atoms with van der Waals surface area (Å²) >= 11 is 0.